The number of halogens is 4. The van der Waals surface area contributed by atoms with Gasteiger partial charge in [-0.3, -0.25) is 14.9 Å². The molecule has 0 unspecified atom stereocenters. The lowest BCUT2D eigenvalue weighted by Gasteiger charge is -2.09. The Kier molecular flexibility index (Phi) is 4.55. The van der Waals surface area contributed by atoms with Crippen molar-refractivity contribution in [3.05, 3.63) is 68.7 Å². The standard InChI is InChI=1S/C14H7ClF3NO4/c15-11-6-3-9(7-12(11)19(21)22)13(20)8-1-4-10(5-2-8)23-14(16,17)18/h1-7H. The Morgan fingerprint density at radius 3 is 2.17 bits per heavy atom. The lowest BCUT2D eigenvalue weighted by molar-refractivity contribution is -0.384. The van der Waals surface area contributed by atoms with Gasteiger partial charge in [-0.25, -0.2) is 0 Å². The molecule has 0 saturated carbocycles. The van der Waals surface area contributed by atoms with E-state index in [9.17, 15) is 28.1 Å². The van der Waals surface area contributed by atoms with Crippen LogP contribution in [-0.2, 0) is 0 Å². The third kappa shape index (κ3) is 4.19. The molecule has 2 aromatic rings. The van der Waals surface area contributed by atoms with Gasteiger partial charge in [-0.2, -0.15) is 0 Å². The van der Waals surface area contributed by atoms with Crippen LogP contribution in [0.4, 0.5) is 18.9 Å². The van der Waals surface area contributed by atoms with Gasteiger partial charge in [0.05, 0.1) is 4.92 Å². The molecular weight excluding hydrogens is 339 g/mol. The van der Waals surface area contributed by atoms with Crippen molar-refractivity contribution in [3.63, 3.8) is 0 Å². The maximum Gasteiger partial charge on any atom is 0.573 e. The summed E-state index contributed by atoms with van der Waals surface area (Å²) in [5, 5.41) is 10.7. The average molecular weight is 346 g/mol. The molecule has 0 aliphatic rings. The number of rotatable bonds is 4. The van der Waals surface area contributed by atoms with Crippen LogP contribution in [0.2, 0.25) is 5.02 Å². The quantitative estimate of drug-likeness (QED) is 0.468. The second-order valence-electron chi connectivity index (χ2n) is 4.32. The monoisotopic (exact) mass is 345 g/mol. The van der Waals surface area contributed by atoms with Crippen molar-refractivity contribution in [1.82, 2.24) is 0 Å². The van der Waals surface area contributed by atoms with Gasteiger partial charge in [-0.05, 0) is 36.4 Å². The highest BCUT2D eigenvalue weighted by atomic mass is 35.5. The fourth-order valence-corrected chi connectivity index (χ4v) is 1.96. The molecule has 0 saturated heterocycles. The molecule has 9 heteroatoms. The molecule has 0 N–H and O–H groups in total. The summed E-state index contributed by atoms with van der Waals surface area (Å²) in [6.45, 7) is 0. The molecule has 2 rings (SSSR count). The Morgan fingerprint density at radius 2 is 1.65 bits per heavy atom. The maximum atomic E-state index is 12.2. The normalized spacial score (nSPS) is 11.1. The van der Waals surface area contributed by atoms with Gasteiger partial charge < -0.3 is 4.74 Å². The van der Waals surface area contributed by atoms with Crippen molar-refractivity contribution >= 4 is 23.1 Å². The molecule has 0 heterocycles. The van der Waals surface area contributed by atoms with Crippen LogP contribution in [0, 0.1) is 10.1 Å². The highest BCUT2D eigenvalue weighted by Gasteiger charge is 2.31. The van der Waals surface area contributed by atoms with E-state index >= 15 is 0 Å². The molecule has 5 nitrogen and oxygen atoms in total. The van der Waals surface area contributed by atoms with Crippen molar-refractivity contribution in [1.29, 1.82) is 0 Å². The Labute approximate surface area is 132 Å². The highest BCUT2D eigenvalue weighted by molar-refractivity contribution is 6.32. The molecule has 0 spiro atoms. The fourth-order valence-electron chi connectivity index (χ4n) is 1.77. The summed E-state index contributed by atoms with van der Waals surface area (Å²) in [5.41, 5.74) is -0.392. The number of nitro groups is 1. The lowest BCUT2D eigenvalue weighted by atomic mass is 10.0. The molecule has 2 aromatic carbocycles. The summed E-state index contributed by atoms with van der Waals surface area (Å²) < 4.78 is 39.9. The Morgan fingerprint density at radius 1 is 1.09 bits per heavy atom. The van der Waals surface area contributed by atoms with Crippen LogP contribution < -0.4 is 4.74 Å². The van der Waals surface area contributed by atoms with Gasteiger partial charge in [-0.15, -0.1) is 13.2 Å². The second-order valence-corrected chi connectivity index (χ2v) is 4.73. The molecule has 0 aliphatic heterocycles. The van der Waals surface area contributed by atoms with E-state index in [0.29, 0.717) is 0 Å². The van der Waals surface area contributed by atoms with Gasteiger partial charge in [0, 0.05) is 17.2 Å². The molecule has 0 amide bonds. The van der Waals surface area contributed by atoms with Crippen LogP contribution in [0.5, 0.6) is 5.75 Å². The average Bonchev–Trinajstić information content (AvgIpc) is 2.46. The van der Waals surface area contributed by atoms with E-state index in [1.165, 1.54) is 12.1 Å². The van der Waals surface area contributed by atoms with Gasteiger partial charge >= 0.3 is 6.36 Å². The minimum absolute atomic E-state index is 0.00871. The summed E-state index contributed by atoms with van der Waals surface area (Å²) in [5.74, 6) is -1.07. The smallest absolute Gasteiger partial charge is 0.406 e. The number of carbonyl (C=O) groups is 1. The Bertz CT molecular complexity index is 760. The molecule has 23 heavy (non-hydrogen) atoms. The van der Waals surface area contributed by atoms with E-state index < -0.39 is 28.5 Å². The van der Waals surface area contributed by atoms with Crippen LogP contribution in [-0.4, -0.2) is 17.1 Å². The SMILES string of the molecule is O=C(c1ccc(OC(F)(F)F)cc1)c1ccc(Cl)c([N+](=O)[O-])c1. The minimum Gasteiger partial charge on any atom is -0.406 e. The summed E-state index contributed by atoms with van der Waals surface area (Å²) in [7, 11) is 0. The molecule has 0 atom stereocenters. The molecular formula is C14H7ClF3NO4. The first-order valence-electron chi connectivity index (χ1n) is 6.02. The van der Waals surface area contributed by atoms with Crippen molar-refractivity contribution in [2.45, 2.75) is 6.36 Å². The van der Waals surface area contributed by atoms with Gasteiger partial charge in [-0.1, -0.05) is 11.6 Å². The Balaban J connectivity index is 2.27. The van der Waals surface area contributed by atoms with E-state index in [0.717, 1.165) is 30.3 Å². The fraction of sp³-hybridized carbons (Fsp3) is 0.0714. The summed E-state index contributed by atoms with van der Waals surface area (Å²) in [6.07, 6.45) is -4.83. The first kappa shape index (κ1) is 16.8. The van der Waals surface area contributed by atoms with E-state index in [2.05, 4.69) is 4.74 Å². The van der Waals surface area contributed by atoms with Gasteiger partial charge in [0.15, 0.2) is 5.78 Å². The largest absolute Gasteiger partial charge is 0.573 e. The number of hydrogen-bond donors (Lipinski definition) is 0. The molecule has 0 fully saturated rings. The maximum absolute atomic E-state index is 12.2. The zero-order valence-electron chi connectivity index (χ0n) is 11.1. The third-order valence-corrected chi connectivity index (χ3v) is 3.07. The Hall–Kier alpha value is -2.61. The van der Waals surface area contributed by atoms with Crippen molar-refractivity contribution < 1.29 is 27.6 Å². The number of alkyl halides is 3. The van der Waals surface area contributed by atoms with Crippen molar-refractivity contribution in [3.8, 4) is 5.75 Å². The van der Waals surface area contributed by atoms with Gasteiger partial charge in [0.2, 0.25) is 0 Å². The van der Waals surface area contributed by atoms with Gasteiger partial charge in [0.1, 0.15) is 10.8 Å². The van der Waals surface area contributed by atoms with Crippen LogP contribution in [0.25, 0.3) is 0 Å². The number of carbonyl (C=O) groups excluding carboxylic acids is 1. The number of ether oxygens (including phenoxy) is 1. The number of ketones is 1. The van der Waals surface area contributed by atoms with E-state index in [-0.39, 0.29) is 16.1 Å². The zero-order valence-corrected chi connectivity index (χ0v) is 11.9. The van der Waals surface area contributed by atoms with Crippen molar-refractivity contribution in [2.75, 3.05) is 0 Å². The third-order valence-electron chi connectivity index (χ3n) is 2.76. The van der Waals surface area contributed by atoms with Crippen molar-refractivity contribution in [2.24, 2.45) is 0 Å². The number of nitrogens with zero attached hydrogens (tertiary/aromatic N) is 1. The molecule has 0 bridgehead atoms. The zero-order chi connectivity index (χ0) is 17.2. The van der Waals surface area contributed by atoms with E-state index in [4.69, 9.17) is 11.6 Å². The van der Waals surface area contributed by atoms with Crippen LogP contribution >= 0.6 is 11.6 Å². The molecule has 0 aromatic heterocycles. The number of benzene rings is 2. The van der Waals surface area contributed by atoms with Crippen LogP contribution in [0.3, 0.4) is 0 Å². The summed E-state index contributed by atoms with van der Waals surface area (Å²) in [4.78, 5) is 22.3. The lowest BCUT2D eigenvalue weighted by Crippen LogP contribution is -2.17. The predicted octanol–water partition coefficient (Wildman–Crippen LogP) is 4.38. The summed E-state index contributed by atoms with van der Waals surface area (Å²) >= 11 is 5.65. The molecule has 0 radical (unpaired) electrons. The predicted molar refractivity (Wildman–Crippen MR) is 74.7 cm³/mol. The number of nitro benzene ring substituents is 1. The second kappa shape index (κ2) is 6.25. The van der Waals surface area contributed by atoms with Crippen LogP contribution in [0.1, 0.15) is 15.9 Å². The molecule has 120 valence electrons. The first-order valence-corrected chi connectivity index (χ1v) is 6.39. The highest BCUT2D eigenvalue weighted by Crippen LogP contribution is 2.27. The van der Waals surface area contributed by atoms with Gasteiger partial charge in [0.25, 0.3) is 5.69 Å². The number of hydrogen-bond acceptors (Lipinski definition) is 4. The topological polar surface area (TPSA) is 69.4 Å². The molecule has 0 aliphatic carbocycles. The first-order chi connectivity index (χ1) is 10.7. The minimum atomic E-state index is -4.83. The van der Waals surface area contributed by atoms with Crippen LogP contribution in [0.15, 0.2) is 42.5 Å². The van der Waals surface area contributed by atoms with E-state index in [1.54, 1.807) is 0 Å². The summed E-state index contributed by atoms with van der Waals surface area (Å²) in [6, 6.07) is 7.71. The van der Waals surface area contributed by atoms with E-state index in [1.807, 2.05) is 0 Å².